The molecule has 5 rings (SSSR count). The molecule has 2 aromatic carbocycles. The molecule has 0 fully saturated rings. The highest BCUT2D eigenvalue weighted by atomic mass is 16.3. The van der Waals surface area contributed by atoms with Crippen molar-refractivity contribution in [2.24, 2.45) is 0 Å². The molecule has 0 saturated heterocycles. The van der Waals surface area contributed by atoms with E-state index in [4.69, 9.17) is 15.9 Å². The van der Waals surface area contributed by atoms with Crippen LogP contribution in [0.1, 0.15) is 0 Å². The zero-order valence-electron chi connectivity index (χ0n) is 13.5. The minimum absolute atomic E-state index is 0.236. The van der Waals surface area contributed by atoms with Crippen molar-refractivity contribution < 1.29 is 4.42 Å². The van der Waals surface area contributed by atoms with Gasteiger partial charge in [-0.1, -0.05) is 24.3 Å². The lowest BCUT2D eigenvalue weighted by Crippen LogP contribution is -1.99. The number of para-hydroxylation sites is 2. The van der Waals surface area contributed by atoms with Crippen LogP contribution in [0.5, 0.6) is 0 Å². The summed E-state index contributed by atoms with van der Waals surface area (Å²) in [6.07, 6.45) is 0. The Balaban J connectivity index is 1.59. The van der Waals surface area contributed by atoms with Crippen LogP contribution >= 0.6 is 0 Å². The van der Waals surface area contributed by atoms with Gasteiger partial charge >= 0.3 is 0 Å². The topological polar surface area (TPSA) is 133 Å². The predicted octanol–water partition coefficient (Wildman–Crippen LogP) is 2.99. The molecule has 5 N–H and O–H groups in total. The summed E-state index contributed by atoms with van der Waals surface area (Å²) in [5, 5.41) is 15.5. The maximum atomic E-state index is 5.96. The van der Waals surface area contributed by atoms with E-state index >= 15 is 0 Å². The molecule has 0 radical (unpaired) electrons. The molecule has 0 atom stereocenters. The molecule has 3 heterocycles. The van der Waals surface area contributed by atoms with Crippen LogP contribution < -0.4 is 11.5 Å². The molecular formula is C18H13N7O. The minimum Gasteiger partial charge on any atom is -0.436 e. The number of nitrogens with one attached hydrogen (secondary N) is 1. The third-order valence-corrected chi connectivity index (χ3v) is 4.24. The number of nitrogen functional groups attached to an aromatic ring is 2. The van der Waals surface area contributed by atoms with E-state index in [-0.39, 0.29) is 11.6 Å². The standard InChI is InChI=1S/C18H13N7O/c19-16-13-14(22-23-15(13)17(20)25-24-16)9-5-7-10(8-6-9)18-21-11-3-1-2-4-12(11)26-18/h1-8H,(H2,19,24)(H2,20,25)(H,22,23). The number of rotatable bonds is 2. The van der Waals surface area contributed by atoms with Gasteiger partial charge in [0.05, 0.1) is 11.1 Å². The van der Waals surface area contributed by atoms with Crippen LogP contribution in [0.25, 0.3) is 44.7 Å². The largest absolute Gasteiger partial charge is 0.436 e. The zero-order chi connectivity index (χ0) is 17.7. The second kappa shape index (κ2) is 5.28. The van der Waals surface area contributed by atoms with Crippen LogP contribution in [0.3, 0.4) is 0 Å². The van der Waals surface area contributed by atoms with Gasteiger partial charge < -0.3 is 15.9 Å². The monoisotopic (exact) mass is 343 g/mol. The van der Waals surface area contributed by atoms with Crippen LogP contribution in [0.15, 0.2) is 52.9 Å². The number of H-pyrrole nitrogens is 1. The maximum Gasteiger partial charge on any atom is 0.227 e. The second-order valence-corrected chi connectivity index (χ2v) is 5.86. The first-order chi connectivity index (χ1) is 12.7. The van der Waals surface area contributed by atoms with Crippen LogP contribution in [-0.4, -0.2) is 25.4 Å². The van der Waals surface area contributed by atoms with Crippen LogP contribution in [0.4, 0.5) is 11.6 Å². The molecule has 8 heteroatoms. The Hall–Kier alpha value is -3.94. The number of benzene rings is 2. The highest BCUT2D eigenvalue weighted by Gasteiger charge is 2.15. The molecule has 0 aliphatic rings. The van der Waals surface area contributed by atoms with Gasteiger partial charge in [0.1, 0.15) is 11.0 Å². The van der Waals surface area contributed by atoms with Crippen molar-refractivity contribution in [2.75, 3.05) is 11.5 Å². The van der Waals surface area contributed by atoms with E-state index in [0.29, 0.717) is 16.8 Å². The summed E-state index contributed by atoms with van der Waals surface area (Å²) in [7, 11) is 0. The number of aromatic amines is 1. The number of hydrogen-bond acceptors (Lipinski definition) is 7. The van der Waals surface area contributed by atoms with Gasteiger partial charge in [-0.25, -0.2) is 4.98 Å². The van der Waals surface area contributed by atoms with Gasteiger partial charge in [-0.3, -0.25) is 5.10 Å². The summed E-state index contributed by atoms with van der Waals surface area (Å²) < 4.78 is 5.80. The second-order valence-electron chi connectivity index (χ2n) is 5.86. The number of oxazole rings is 1. The summed E-state index contributed by atoms with van der Waals surface area (Å²) in [6, 6.07) is 15.4. The number of aromatic nitrogens is 5. The summed E-state index contributed by atoms with van der Waals surface area (Å²) in [4.78, 5) is 4.51. The highest BCUT2D eigenvalue weighted by molar-refractivity contribution is 6.03. The van der Waals surface area contributed by atoms with E-state index in [2.05, 4.69) is 25.4 Å². The average molecular weight is 343 g/mol. The van der Waals surface area contributed by atoms with E-state index < -0.39 is 0 Å². The third-order valence-electron chi connectivity index (χ3n) is 4.24. The number of nitrogens with two attached hydrogens (primary N) is 2. The zero-order valence-corrected chi connectivity index (χ0v) is 13.5. The Morgan fingerprint density at radius 2 is 1.58 bits per heavy atom. The Kier molecular flexibility index (Phi) is 2.93. The molecule has 8 nitrogen and oxygen atoms in total. The van der Waals surface area contributed by atoms with Crippen molar-refractivity contribution in [3.8, 4) is 22.7 Å². The lowest BCUT2D eigenvalue weighted by Gasteiger charge is -2.02. The first kappa shape index (κ1) is 14.4. The molecule has 0 aliphatic heterocycles. The Morgan fingerprint density at radius 3 is 2.38 bits per heavy atom. The van der Waals surface area contributed by atoms with Crippen molar-refractivity contribution in [1.82, 2.24) is 25.4 Å². The Bertz CT molecular complexity index is 1220. The van der Waals surface area contributed by atoms with E-state index in [9.17, 15) is 0 Å². The van der Waals surface area contributed by atoms with Gasteiger partial charge in [0.25, 0.3) is 0 Å². The third kappa shape index (κ3) is 2.09. The van der Waals surface area contributed by atoms with Crippen molar-refractivity contribution in [1.29, 1.82) is 0 Å². The lowest BCUT2D eigenvalue weighted by atomic mass is 10.1. The first-order valence-corrected chi connectivity index (χ1v) is 7.93. The average Bonchev–Trinajstić information content (AvgIpc) is 3.30. The van der Waals surface area contributed by atoms with E-state index in [1.54, 1.807) is 0 Å². The number of nitrogens with zero attached hydrogens (tertiary/aromatic N) is 4. The van der Waals surface area contributed by atoms with Gasteiger partial charge in [-0.05, 0) is 24.3 Å². The predicted molar refractivity (Wildman–Crippen MR) is 98.9 cm³/mol. The molecule has 0 saturated carbocycles. The minimum atomic E-state index is 0.236. The summed E-state index contributed by atoms with van der Waals surface area (Å²) in [5.74, 6) is 1.09. The molecule has 26 heavy (non-hydrogen) atoms. The van der Waals surface area contributed by atoms with Gasteiger partial charge in [-0.15, -0.1) is 10.2 Å². The number of hydrogen-bond donors (Lipinski definition) is 3. The first-order valence-electron chi connectivity index (χ1n) is 7.93. The van der Waals surface area contributed by atoms with E-state index in [1.807, 2.05) is 48.5 Å². The van der Waals surface area contributed by atoms with E-state index in [0.717, 1.165) is 27.9 Å². The van der Waals surface area contributed by atoms with Crippen LogP contribution in [0.2, 0.25) is 0 Å². The fraction of sp³-hybridized carbons (Fsp3) is 0. The van der Waals surface area contributed by atoms with Gasteiger partial charge in [-0.2, -0.15) is 5.10 Å². The summed E-state index contributed by atoms with van der Waals surface area (Å²) in [6.45, 7) is 0. The fourth-order valence-electron chi connectivity index (χ4n) is 2.97. The molecule has 0 aliphatic carbocycles. The number of fused-ring (bicyclic) bond motifs is 2. The lowest BCUT2D eigenvalue weighted by molar-refractivity contribution is 0.620. The normalized spacial score (nSPS) is 11.4. The Morgan fingerprint density at radius 1 is 0.846 bits per heavy atom. The fourth-order valence-corrected chi connectivity index (χ4v) is 2.97. The molecule has 0 amide bonds. The van der Waals surface area contributed by atoms with Crippen molar-refractivity contribution in [3.63, 3.8) is 0 Å². The summed E-state index contributed by atoms with van der Waals surface area (Å²) in [5.41, 5.74) is 16.4. The van der Waals surface area contributed by atoms with Crippen molar-refractivity contribution in [3.05, 3.63) is 48.5 Å². The van der Waals surface area contributed by atoms with Crippen LogP contribution in [-0.2, 0) is 0 Å². The van der Waals surface area contributed by atoms with Gasteiger partial charge in [0.15, 0.2) is 17.2 Å². The smallest absolute Gasteiger partial charge is 0.227 e. The molecule has 3 aromatic heterocycles. The maximum absolute atomic E-state index is 5.96. The number of anilines is 2. The van der Waals surface area contributed by atoms with Gasteiger partial charge in [0.2, 0.25) is 5.89 Å². The Labute approximate surface area is 146 Å². The summed E-state index contributed by atoms with van der Waals surface area (Å²) >= 11 is 0. The molecule has 0 unspecified atom stereocenters. The van der Waals surface area contributed by atoms with Crippen molar-refractivity contribution in [2.45, 2.75) is 0 Å². The SMILES string of the molecule is Nc1nnc(N)c2c(-c3ccc(-c4nc5ccccc5o4)cc3)[nH]nc12. The quantitative estimate of drug-likeness (QED) is 0.449. The highest BCUT2D eigenvalue weighted by Crippen LogP contribution is 2.32. The van der Waals surface area contributed by atoms with Crippen molar-refractivity contribution >= 4 is 33.6 Å². The molecule has 126 valence electrons. The van der Waals surface area contributed by atoms with Crippen LogP contribution in [0, 0.1) is 0 Å². The van der Waals surface area contributed by atoms with E-state index in [1.165, 1.54) is 0 Å². The van der Waals surface area contributed by atoms with Gasteiger partial charge in [0, 0.05) is 11.1 Å². The molecule has 5 aromatic rings. The molecular weight excluding hydrogens is 330 g/mol. The molecule has 0 bridgehead atoms. The molecule has 0 spiro atoms.